The molecule has 0 aromatic carbocycles. The molecule has 0 fully saturated rings. The number of hydrogen-bond acceptors (Lipinski definition) is 6. The zero-order valence-corrected chi connectivity index (χ0v) is 11.6. The first-order valence-corrected chi connectivity index (χ1v) is 7.48. The van der Waals surface area contributed by atoms with E-state index < -0.39 is 22.8 Å². The van der Waals surface area contributed by atoms with Gasteiger partial charge >= 0.3 is 11.0 Å². The highest BCUT2D eigenvalue weighted by Crippen LogP contribution is 2.22. The SMILES string of the molecule is CSCC[C@@H](NC(=O)c1csc([N+](=O)[O-])c1)C(=O)O. The van der Waals surface area contributed by atoms with Crippen molar-refractivity contribution in [1.29, 1.82) is 0 Å². The summed E-state index contributed by atoms with van der Waals surface area (Å²) in [7, 11) is 0. The second kappa shape index (κ2) is 7.10. The quantitative estimate of drug-likeness (QED) is 0.585. The molecule has 19 heavy (non-hydrogen) atoms. The van der Waals surface area contributed by atoms with E-state index in [9.17, 15) is 19.7 Å². The lowest BCUT2D eigenvalue weighted by Gasteiger charge is -2.12. The smallest absolute Gasteiger partial charge is 0.326 e. The van der Waals surface area contributed by atoms with Crippen LogP contribution in [0, 0.1) is 10.1 Å². The van der Waals surface area contributed by atoms with Gasteiger partial charge in [0.05, 0.1) is 10.5 Å². The summed E-state index contributed by atoms with van der Waals surface area (Å²) in [5, 5.41) is 23.0. The lowest BCUT2D eigenvalue weighted by Crippen LogP contribution is -2.41. The maximum atomic E-state index is 11.8. The van der Waals surface area contributed by atoms with E-state index in [1.165, 1.54) is 17.1 Å². The van der Waals surface area contributed by atoms with E-state index >= 15 is 0 Å². The second-order valence-corrected chi connectivity index (χ2v) is 5.45. The molecule has 7 nitrogen and oxygen atoms in total. The van der Waals surface area contributed by atoms with Gasteiger partial charge in [-0.1, -0.05) is 11.3 Å². The topological polar surface area (TPSA) is 110 Å². The summed E-state index contributed by atoms with van der Waals surface area (Å²) < 4.78 is 0. The molecule has 104 valence electrons. The van der Waals surface area contributed by atoms with Crippen LogP contribution < -0.4 is 5.32 Å². The molecule has 0 bridgehead atoms. The number of thioether (sulfide) groups is 1. The van der Waals surface area contributed by atoms with Gasteiger partial charge in [0.25, 0.3) is 5.91 Å². The molecule has 0 spiro atoms. The molecule has 1 aromatic rings. The average Bonchev–Trinajstić information content (AvgIpc) is 2.83. The molecular formula is C10H12N2O5S2. The van der Waals surface area contributed by atoms with Gasteiger partial charge < -0.3 is 10.4 Å². The van der Waals surface area contributed by atoms with E-state index in [1.54, 1.807) is 0 Å². The highest BCUT2D eigenvalue weighted by molar-refractivity contribution is 7.98. The number of amides is 1. The van der Waals surface area contributed by atoms with Crippen LogP contribution in [0.5, 0.6) is 0 Å². The Kier molecular flexibility index (Phi) is 5.77. The van der Waals surface area contributed by atoms with Crippen LogP contribution in [0.25, 0.3) is 0 Å². The first kappa shape index (κ1) is 15.4. The van der Waals surface area contributed by atoms with Gasteiger partial charge in [0.1, 0.15) is 6.04 Å². The number of nitrogens with zero attached hydrogens (tertiary/aromatic N) is 1. The summed E-state index contributed by atoms with van der Waals surface area (Å²) in [6.45, 7) is 0. The highest BCUT2D eigenvalue weighted by Gasteiger charge is 2.22. The van der Waals surface area contributed by atoms with E-state index in [-0.39, 0.29) is 10.6 Å². The van der Waals surface area contributed by atoms with E-state index in [0.29, 0.717) is 12.2 Å². The van der Waals surface area contributed by atoms with E-state index in [1.807, 2.05) is 6.26 Å². The van der Waals surface area contributed by atoms with Crippen molar-refractivity contribution in [3.63, 3.8) is 0 Å². The Hall–Kier alpha value is -1.61. The number of aliphatic carboxylic acids is 1. The van der Waals surface area contributed by atoms with Crippen molar-refractivity contribution >= 4 is 40.0 Å². The molecule has 0 aliphatic carbocycles. The summed E-state index contributed by atoms with van der Waals surface area (Å²) in [4.78, 5) is 32.6. The molecule has 0 aliphatic rings. The van der Waals surface area contributed by atoms with Gasteiger partial charge in [-0.15, -0.1) is 0 Å². The Morgan fingerprint density at radius 1 is 1.63 bits per heavy atom. The lowest BCUT2D eigenvalue weighted by molar-refractivity contribution is -0.380. The standard InChI is InChI=1S/C10H12N2O5S2/c1-18-3-2-7(10(14)15)11-9(13)6-4-8(12(16)17)19-5-6/h4-5,7H,2-3H2,1H3,(H,11,13)(H,14,15)/t7-/m1/s1. The number of thiophene rings is 1. The second-order valence-electron chi connectivity index (χ2n) is 3.58. The number of carbonyl (C=O) groups is 2. The zero-order valence-electron chi connectivity index (χ0n) is 9.99. The van der Waals surface area contributed by atoms with Gasteiger partial charge in [0.2, 0.25) is 0 Å². The minimum Gasteiger partial charge on any atom is -0.480 e. The summed E-state index contributed by atoms with van der Waals surface area (Å²) in [6.07, 6.45) is 2.14. The van der Waals surface area contributed by atoms with Crippen LogP contribution >= 0.6 is 23.1 Å². The number of hydrogen-bond donors (Lipinski definition) is 2. The van der Waals surface area contributed by atoms with Gasteiger partial charge in [-0.05, 0) is 18.4 Å². The van der Waals surface area contributed by atoms with Crippen LogP contribution in [-0.2, 0) is 4.79 Å². The number of nitro groups is 1. The Labute approximate surface area is 117 Å². The maximum absolute atomic E-state index is 11.8. The van der Waals surface area contributed by atoms with Crippen molar-refractivity contribution in [2.45, 2.75) is 12.5 Å². The molecular weight excluding hydrogens is 292 g/mol. The third-order valence-corrected chi connectivity index (χ3v) is 3.77. The number of carboxylic acid groups (broad SMARTS) is 1. The van der Waals surface area contributed by atoms with Crippen molar-refractivity contribution in [1.82, 2.24) is 5.32 Å². The Bertz CT molecular complexity index is 488. The third kappa shape index (κ3) is 4.52. The van der Waals surface area contributed by atoms with E-state index in [4.69, 9.17) is 5.11 Å². The predicted octanol–water partition coefficient (Wildman–Crippen LogP) is 1.59. The normalized spacial score (nSPS) is 11.8. The largest absolute Gasteiger partial charge is 0.480 e. The molecule has 0 unspecified atom stereocenters. The molecule has 1 aromatic heterocycles. The fraction of sp³-hybridized carbons (Fsp3) is 0.400. The molecule has 1 amide bonds. The van der Waals surface area contributed by atoms with E-state index in [2.05, 4.69) is 5.32 Å². The highest BCUT2D eigenvalue weighted by atomic mass is 32.2. The third-order valence-electron chi connectivity index (χ3n) is 2.24. The Morgan fingerprint density at radius 2 is 2.32 bits per heavy atom. The summed E-state index contributed by atoms with van der Waals surface area (Å²) >= 11 is 2.30. The summed E-state index contributed by atoms with van der Waals surface area (Å²) in [6, 6.07) is 0.145. The summed E-state index contributed by atoms with van der Waals surface area (Å²) in [5.74, 6) is -1.13. The lowest BCUT2D eigenvalue weighted by atomic mass is 10.2. The van der Waals surface area contributed by atoms with Crippen molar-refractivity contribution < 1.29 is 19.6 Å². The minimum absolute atomic E-state index is 0.104. The van der Waals surface area contributed by atoms with Gasteiger partial charge in [-0.3, -0.25) is 14.9 Å². The summed E-state index contributed by atoms with van der Waals surface area (Å²) in [5.41, 5.74) is 0.104. The molecule has 1 atom stereocenters. The number of rotatable bonds is 7. The van der Waals surface area contributed by atoms with Crippen LogP contribution in [0.15, 0.2) is 11.4 Å². The van der Waals surface area contributed by atoms with Gasteiger partial charge in [0, 0.05) is 11.4 Å². The molecule has 0 radical (unpaired) electrons. The van der Waals surface area contributed by atoms with Crippen LogP contribution in [0.4, 0.5) is 5.00 Å². The van der Waals surface area contributed by atoms with Crippen molar-refractivity contribution in [2.24, 2.45) is 0 Å². The molecule has 1 rings (SSSR count). The molecule has 0 saturated carbocycles. The average molecular weight is 304 g/mol. The predicted molar refractivity (Wildman–Crippen MR) is 72.9 cm³/mol. The first-order valence-electron chi connectivity index (χ1n) is 5.21. The van der Waals surface area contributed by atoms with Crippen LogP contribution in [0.1, 0.15) is 16.8 Å². The Balaban J connectivity index is 2.70. The van der Waals surface area contributed by atoms with Crippen LogP contribution in [-0.4, -0.2) is 40.0 Å². The minimum atomic E-state index is -1.12. The van der Waals surface area contributed by atoms with Crippen LogP contribution in [0.3, 0.4) is 0 Å². The molecule has 0 saturated heterocycles. The van der Waals surface area contributed by atoms with Gasteiger partial charge in [0.15, 0.2) is 0 Å². The molecule has 9 heteroatoms. The molecule has 2 N–H and O–H groups in total. The molecule has 0 aliphatic heterocycles. The Morgan fingerprint density at radius 3 is 2.79 bits per heavy atom. The first-order chi connectivity index (χ1) is 8.95. The fourth-order valence-corrected chi connectivity index (χ4v) is 2.45. The fourth-order valence-electron chi connectivity index (χ4n) is 1.27. The van der Waals surface area contributed by atoms with Crippen molar-refractivity contribution in [3.05, 3.63) is 27.1 Å². The zero-order chi connectivity index (χ0) is 14.4. The van der Waals surface area contributed by atoms with Crippen LogP contribution in [0.2, 0.25) is 0 Å². The van der Waals surface area contributed by atoms with Crippen molar-refractivity contribution in [3.8, 4) is 0 Å². The maximum Gasteiger partial charge on any atom is 0.326 e. The number of nitrogens with one attached hydrogen (secondary N) is 1. The molecule has 1 heterocycles. The number of carbonyl (C=O) groups excluding carboxylic acids is 1. The monoisotopic (exact) mass is 304 g/mol. The van der Waals surface area contributed by atoms with Gasteiger partial charge in [-0.2, -0.15) is 11.8 Å². The van der Waals surface area contributed by atoms with Crippen molar-refractivity contribution in [2.75, 3.05) is 12.0 Å². The van der Waals surface area contributed by atoms with Gasteiger partial charge in [-0.25, -0.2) is 4.79 Å². The number of carboxylic acids is 1. The van der Waals surface area contributed by atoms with E-state index in [0.717, 1.165) is 17.4 Å².